The van der Waals surface area contributed by atoms with E-state index in [0.717, 1.165) is 5.56 Å². The number of hydrogen-bond donors (Lipinski definition) is 0. The van der Waals surface area contributed by atoms with Crippen LogP contribution < -0.4 is 0 Å². The van der Waals surface area contributed by atoms with Crippen LogP contribution in [0.5, 0.6) is 0 Å². The summed E-state index contributed by atoms with van der Waals surface area (Å²) in [5.41, 5.74) is 18.6. The normalized spacial score (nSPS) is 13.0. The fourth-order valence-corrected chi connectivity index (χ4v) is 8.39. The Labute approximate surface area is 304 Å². The van der Waals surface area contributed by atoms with Crippen LogP contribution in [-0.2, 0) is 5.41 Å². The Bertz CT molecular complexity index is 2750. The fourth-order valence-electron chi connectivity index (χ4n) is 8.39. The smallest absolute Gasteiger partial charge is 0.0541 e. The van der Waals surface area contributed by atoms with Gasteiger partial charge < -0.3 is 4.57 Å². The van der Waals surface area contributed by atoms with Crippen molar-refractivity contribution < 1.29 is 0 Å². The zero-order chi connectivity index (χ0) is 34.8. The Morgan fingerprint density at radius 1 is 0.404 bits per heavy atom. The van der Waals surface area contributed by atoms with Crippen molar-refractivity contribution in [2.45, 2.75) is 19.3 Å². The molecule has 10 rings (SSSR count). The monoisotopic (exact) mass is 664 g/mol. The van der Waals surface area contributed by atoms with Crippen LogP contribution >= 0.6 is 0 Å². The quantitative estimate of drug-likeness (QED) is 0.179. The molecule has 0 atom stereocenters. The van der Waals surface area contributed by atoms with Gasteiger partial charge in [-0.25, -0.2) is 0 Å². The first-order valence-corrected chi connectivity index (χ1v) is 18.0. The maximum Gasteiger partial charge on any atom is 0.0541 e. The lowest BCUT2D eigenvalue weighted by Crippen LogP contribution is -2.15. The average molecular weight is 665 g/mol. The van der Waals surface area contributed by atoms with Gasteiger partial charge in [-0.3, -0.25) is 4.98 Å². The Kier molecular flexibility index (Phi) is 6.87. The number of hydrogen-bond acceptors (Lipinski definition) is 1. The molecule has 0 saturated heterocycles. The van der Waals surface area contributed by atoms with Crippen molar-refractivity contribution in [1.82, 2.24) is 9.55 Å². The highest BCUT2D eigenvalue weighted by Gasteiger charge is 2.36. The van der Waals surface area contributed by atoms with E-state index in [0.29, 0.717) is 0 Å². The summed E-state index contributed by atoms with van der Waals surface area (Å²) in [5, 5.41) is 2.55. The van der Waals surface area contributed by atoms with Crippen LogP contribution in [0.15, 0.2) is 182 Å². The van der Waals surface area contributed by atoms with Crippen LogP contribution in [0.25, 0.3) is 83.1 Å². The molecule has 1 aliphatic rings. The first-order valence-electron chi connectivity index (χ1n) is 18.0. The molecule has 7 aromatic carbocycles. The highest BCUT2D eigenvalue weighted by atomic mass is 15.0. The molecule has 0 aliphatic heterocycles. The summed E-state index contributed by atoms with van der Waals surface area (Å²) in [6, 6.07) is 62.3. The molecule has 1 aliphatic carbocycles. The summed E-state index contributed by atoms with van der Waals surface area (Å²) in [6.07, 6.45) is 3.73. The first kappa shape index (κ1) is 30.3. The van der Waals surface area contributed by atoms with Crippen molar-refractivity contribution in [1.29, 1.82) is 0 Å². The minimum atomic E-state index is -0.124. The number of pyridine rings is 1. The zero-order valence-corrected chi connectivity index (χ0v) is 29.2. The van der Waals surface area contributed by atoms with Gasteiger partial charge in [-0.15, -0.1) is 0 Å². The van der Waals surface area contributed by atoms with E-state index in [1.807, 2.05) is 18.5 Å². The average Bonchev–Trinajstić information content (AvgIpc) is 3.66. The molecule has 0 spiro atoms. The SMILES string of the molecule is CC1(C)c2cc(-c3ccc(-c4cccnc4)cc3)ccc2-c2ccc(-c3cccc(-c4cccc(-n5c6ccccc6c6ccccc65)c4)c3)cc21. The van der Waals surface area contributed by atoms with Gasteiger partial charge in [0.25, 0.3) is 0 Å². The summed E-state index contributed by atoms with van der Waals surface area (Å²) in [7, 11) is 0. The summed E-state index contributed by atoms with van der Waals surface area (Å²) in [6.45, 7) is 4.74. The molecule has 2 heterocycles. The summed E-state index contributed by atoms with van der Waals surface area (Å²) in [5.74, 6) is 0. The molecule has 246 valence electrons. The molecular weight excluding hydrogens is 629 g/mol. The molecule has 2 heteroatoms. The van der Waals surface area contributed by atoms with Crippen molar-refractivity contribution in [3.63, 3.8) is 0 Å². The number of fused-ring (bicyclic) bond motifs is 6. The van der Waals surface area contributed by atoms with E-state index in [2.05, 4.69) is 187 Å². The van der Waals surface area contributed by atoms with E-state index in [4.69, 9.17) is 0 Å². The summed E-state index contributed by atoms with van der Waals surface area (Å²) < 4.78 is 2.39. The third-order valence-corrected chi connectivity index (χ3v) is 11.1. The molecule has 2 aromatic heterocycles. The number of nitrogens with zero attached hydrogens (tertiary/aromatic N) is 2. The Hall–Kier alpha value is -6.51. The second-order valence-electron chi connectivity index (χ2n) is 14.5. The van der Waals surface area contributed by atoms with Crippen molar-refractivity contribution in [3.05, 3.63) is 193 Å². The lowest BCUT2D eigenvalue weighted by Gasteiger charge is -2.23. The van der Waals surface area contributed by atoms with E-state index in [-0.39, 0.29) is 5.41 Å². The van der Waals surface area contributed by atoms with Crippen LogP contribution in [0.4, 0.5) is 0 Å². The topological polar surface area (TPSA) is 17.8 Å². The van der Waals surface area contributed by atoms with Gasteiger partial charge in [-0.1, -0.05) is 135 Å². The van der Waals surface area contributed by atoms with Gasteiger partial charge in [-0.05, 0) is 115 Å². The number of para-hydroxylation sites is 2. The third kappa shape index (κ3) is 4.83. The third-order valence-electron chi connectivity index (χ3n) is 11.1. The van der Waals surface area contributed by atoms with E-state index < -0.39 is 0 Å². The van der Waals surface area contributed by atoms with Crippen molar-refractivity contribution in [3.8, 4) is 61.3 Å². The van der Waals surface area contributed by atoms with Gasteiger partial charge in [0, 0.05) is 34.3 Å². The minimum Gasteiger partial charge on any atom is -0.309 e. The maximum absolute atomic E-state index is 4.29. The maximum atomic E-state index is 4.29. The van der Waals surface area contributed by atoms with Crippen molar-refractivity contribution >= 4 is 21.8 Å². The molecule has 0 saturated carbocycles. The molecule has 0 radical (unpaired) electrons. The summed E-state index contributed by atoms with van der Waals surface area (Å²) in [4.78, 5) is 4.29. The molecule has 0 fully saturated rings. The van der Waals surface area contributed by atoms with Gasteiger partial charge in [0.05, 0.1) is 11.0 Å². The highest BCUT2D eigenvalue weighted by Crippen LogP contribution is 2.51. The zero-order valence-electron chi connectivity index (χ0n) is 29.2. The van der Waals surface area contributed by atoms with E-state index in [1.165, 1.54) is 88.7 Å². The largest absolute Gasteiger partial charge is 0.309 e. The second-order valence-corrected chi connectivity index (χ2v) is 14.5. The predicted octanol–water partition coefficient (Wildman–Crippen LogP) is 13.2. The molecule has 52 heavy (non-hydrogen) atoms. The van der Waals surface area contributed by atoms with E-state index in [1.54, 1.807) is 0 Å². The molecular formula is C50H36N2. The second kappa shape index (κ2) is 11.8. The van der Waals surface area contributed by atoms with Crippen LogP contribution in [0, 0.1) is 0 Å². The predicted molar refractivity (Wildman–Crippen MR) is 218 cm³/mol. The van der Waals surface area contributed by atoms with Gasteiger partial charge in [0.15, 0.2) is 0 Å². The Morgan fingerprint density at radius 3 is 1.48 bits per heavy atom. The Morgan fingerprint density at radius 2 is 0.885 bits per heavy atom. The number of rotatable bonds is 5. The molecule has 9 aromatic rings. The lowest BCUT2D eigenvalue weighted by molar-refractivity contribution is 0.661. The van der Waals surface area contributed by atoms with Gasteiger partial charge in [0.2, 0.25) is 0 Å². The fraction of sp³-hybridized carbons (Fsp3) is 0.0600. The molecule has 0 unspecified atom stereocenters. The molecule has 2 nitrogen and oxygen atoms in total. The lowest BCUT2D eigenvalue weighted by atomic mass is 9.80. The van der Waals surface area contributed by atoms with Gasteiger partial charge in [0.1, 0.15) is 0 Å². The molecule has 0 amide bonds. The van der Waals surface area contributed by atoms with E-state index >= 15 is 0 Å². The van der Waals surface area contributed by atoms with Crippen molar-refractivity contribution in [2.75, 3.05) is 0 Å². The van der Waals surface area contributed by atoms with Crippen LogP contribution in [0.2, 0.25) is 0 Å². The molecule has 0 N–H and O–H groups in total. The number of aromatic nitrogens is 2. The summed E-state index contributed by atoms with van der Waals surface area (Å²) >= 11 is 0. The highest BCUT2D eigenvalue weighted by molar-refractivity contribution is 6.09. The first-order chi connectivity index (χ1) is 25.5. The van der Waals surface area contributed by atoms with E-state index in [9.17, 15) is 0 Å². The van der Waals surface area contributed by atoms with Gasteiger partial charge in [-0.2, -0.15) is 0 Å². The number of benzene rings is 7. The standard InChI is InChI=1S/C50H36N2/c1-50(2)46-30-38(33-19-21-34(22-20-33)40-13-9-27-51-32-40)23-25-42(46)43-26-24-39(31-47(43)50)36-11-7-10-35(28-36)37-12-8-14-41(29-37)52-48-17-5-3-15-44(48)45-16-4-6-18-49(45)52/h3-32H,1-2H3. The molecule has 0 bridgehead atoms. The minimum absolute atomic E-state index is 0.124. The van der Waals surface area contributed by atoms with Crippen molar-refractivity contribution in [2.24, 2.45) is 0 Å². The van der Waals surface area contributed by atoms with Crippen LogP contribution in [0.3, 0.4) is 0 Å². The van der Waals surface area contributed by atoms with Crippen LogP contribution in [-0.4, -0.2) is 9.55 Å². The van der Waals surface area contributed by atoms with Crippen LogP contribution in [0.1, 0.15) is 25.0 Å². The van der Waals surface area contributed by atoms with Gasteiger partial charge >= 0.3 is 0 Å². The Balaban J connectivity index is 0.981.